The summed E-state index contributed by atoms with van der Waals surface area (Å²) in [6.45, 7) is 6.10. The standard InChI is InChI=1S/C21H22Cl2FN5O/c1-13-26-27-28-29(13)19(10-14-4-7-16(24)8-5-14)20(30)25-12-21(2,3)15-6-9-17(22)18(23)11-15/h4-9,11,19H,10,12H2,1-3H3,(H,25,30). The molecule has 0 aliphatic carbocycles. The monoisotopic (exact) mass is 449 g/mol. The van der Waals surface area contributed by atoms with Crippen LogP contribution in [0.1, 0.15) is 36.8 Å². The zero-order valence-corrected chi connectivity index (χ0v) is 18.4. The lowest BCUT2D eigenvalue weighted by Crippen LogP contribution is -2.41. The van der Waals surface area contributed by atoms with Crippen LogP contribution < -0.4 is 5.32 Å². The average molecular weight is 450 g/mol. The molecule has 3 aromatic rings. The maximum absolute atomic E-state index is 13.3. The van der Waals surface area contributed by atoms with E-state index in [1.165, 1.54) is 16.8 Å². The van der Waals surface area contributed by atoms with Gasteiger partial charge in [0.2, 0.25) is 5.91 Å². The minimum atomic E-state index is -0.671. The van der Waals surface area contributed by atoms with Gasteiger partial charge in [-0.05, 0) is 52.7 Å². The topological polar surface area (TPSA) is 72.7 Å². The molecule has 1 heterocycles. The third kappa shape index (κ3) is 5.15. The molecular weight excluding hydrogens is 428 g/mol. The molecule has 1 unspecified atom stereocenters. The molecule has 0 aliphatic rings. The number of benzene rings is 2. The van der Waals surface area contributed by atoms with Crippen LogP contribution in [-0.4, -0.2) is 32.7 Å². The first-order valence-corrected chi connectivity index (χ1v) is 10.1. The highest BCUT2D eigenvalue weighted by atomic mass is 35.5. The Kier molecular flexibility index (Phi) is 6.73. The van der Waals surface area contributed by atoms with Crippen molar-refractivity contribution in [3.63, 3.8) is 0 Å². The zero-order chi connectivity index (χ0) is 21.9. The summed E-state index contributed by atoms with van der Waals surface area (Å²) < 4.78 is 14.7. The Bertz CT molecular complexity index is 1040. The smallest absolute Gasteiger partial charge is 0.245 e. The maximum atomic E-state index is 13.3. The Morgan fingerprint density at radius 2 is 1.87 bits per heavy atom. The van der Waals surface area contributed by atoms with E-state index in [1.807, 2.05) is 19.9 Å². The summed E-state index contributed by atoms with van der Waals surface area (Å²) in [4.78, 5) is 13.1. The number of nitrogens with zero attached hydrogens (tertiary/aromatic N) is 4. The fraction of sp³-hybridized carbons (Fsp3) is 0.333. The predicted molar refractivity (Wildman–Crippen MR) is 114 cm³/mol. The molecule has 6 nitrogen and oxygen atoms in total. The summed E-state index contributed by atoms with van der Waals surface area (Å²) >= 11 is 12.2. The van der Waals surface area contributed by atoms with Crippen LogP contribution in [0, 0.1) is 12.7 Å². The van der Waals surface area contributed by atoms with Crippen LogP contribution in [0.25, 0.3) is 0 Å². The van der Waals surface area contributed by atoms with E-state index in [2.05, 4.69) is 20.8 Å². The van der Waals surface area contributed by atoms with Crippen molar-refractivity contribution in [2.45, 2.75) is 38.6 Å². The van der Waals surface area contributed by atoms with Gasteiger partial charge < -0.3 is 5.32 Å². The van der Waals surface area contributed by atoms with Crippen LogP contribution >= 0.6 is 23.2 Å². The first-order valence-electron chi connectivity index (χ1n) is 9.39. The van der Waals surface area contributed by atoms with Crippen molar-refractivity contribution in [2.75, 3.05) is 6.54 Å². The lowest BCUT2D eigenvalue weighted by molar-refractivity contribution is -0.124. The van der Waals surface area contributed by atoms with Crippen molar-refractivity contribution in [3.05, 3.63) is 75.3 Å². The van der Waals surface area contributed by atoms with Crippen molar-refractivity contribution >= 4 is 29.1 Å². The van der Waals surface area contributed by atoms with Gasteiger partial charge in [0, 0.05) is 18.4 Å². The molecule has 1 N–H and O–H groups in total. The molecule has 1 amide bonds. The molecule has 158 valence electrons. The van der Waals surface area contributed by atoms with Gasteiger partial charge in [-0.1, -0.05) is 55.2 Å². The SMILES string of the molecule is Cc1nnnn1C(Cc1ccc(F)cc1)C(=O)NCC(C)(C)c1ccc(Cl)c(Cl)c1. The Hall–Kier alpha value is -2.51. The van der Waals surface area contributed by atoms with Crippen molar-refractivity contribution in [1.29, 1.82) is 0 Å². The molecule has 0 saturated heterocycles. The molecule has 0 radical (unpaired) electrons. The first-order chi connectivity index (χ1) is 14.2. The number of nitrogens with one attached hydrogen (secondary N) is 1. The van der Waals surface area contributed by atoms with Gasteiger partial charge in [-0.25, -0.2) is 9.07 Å². The number of halogens is 3. The van der Waals surface area contributed by atoms with Gasteiger partial charge >= 0.3 is 0 Å². The highest BCUT2D eigenvalue weighted by Gasteiger charge is 2.28. The normalized spacial score (nSPS) is 12.6. The number of tetrazole rings is 1. The van der Waals surface area contributed by atoms with Gasteiger partial charge in [-0.3, -0.25) is 4.79 Å². The van der Waals surface area contributed by atoms with Crippen LogP contribution in [0.4, 0.5) is 4.39 Å². The number of hydrogen-bond acceptors (Lipinski definition) is 4. The zero-order valence-electron chi connectivity index (χ0n) is 16.9. The summed E-state index contributed by atoms with van der Waals surface area (Å²) in [6, 6.07) is 10.8. The summed E-state index contributed by atoms with van der Waals surface area (Å²) in [5, 5.41) is 15.4. The number of rotatable bonds is 7. The van der Waals surface area contributed by atoms with Crippen LogP contribution in [0.2, 0.25) is 10.0 Å². The molecule has 0 saturated carbocycles. The first kappa shape index (κ1) is 22.2. The highest BCUT2D eigenvalue weighted by Crippen LogP contribution is 2.29. The van der Waals surface area contributed by atoms with E-state index >= 15 is 0 Å². The fourth-order valence-corrected chi connectivity index (χ4v) is 3.40. The number of carbonyl (C=O) groups is 1. The molecule has 9 heteroatoms. The molecule has 1 atom stereocenters. The van der Waals surface area contributed by atoms with E-state index in [0.29, 0.717) is 28.8 Å². The van der Waals surface area contributed by atoms with Gasteiger partial charge in [0.25, 0.3) is 0 Å². The molecule has 0 aliphatic heterocycles. The van der Waals surface area contributed by atoms with E-state index in [9.17, 15) is 9.18 Å². The number of carbonyl (C=O) groups excluding carboxylic acids is 1. The van der Waals surface area contributed by atoms with Gasteiger partial charge in [0.15, 0.2) is 0 Å². The molecule has 3 rings (SSSR count). The van der Waals surface area contributed by atoms with Crippen LogP contribution in [0.3, 0.4) is 0 Å². The predicted octanol–water partition coefficient (Wildman–Crippen LogP) is 4.31. The third-order valence-electron chi connectivity index (χ3n) is 5.00. The number of aromatic nitrogens is 4. The summed E-state index contributed by atoms with van der Waals surface area (Å²) in [7, 11) is 0. The number of aryl methyl sites for hydroxylation is 1. The van der Waals surface area contributed by atoms with E-state index in [0.717, 1.165) is 11.1 Å². The van der Waals surface area contributed by atoms with Crippen LogP contribution in [-0.2, 0) is 16.6 Å². The van der Waals surface area contributed by atoms with E-state index in [4.69, 9.17) is 23.2 Å². The van der Waals surface area contributed by atoms with Crippen molar-refractivity contribution < 1.29 is 9.18 Å². The summed E-state index contributed by atoms with van der Waals surface area (Å²) in [6.07, 6.45) is 0.325. The molecule has 0 fully saturated rings. The Morgan fingerprint density at radius 1 is 1.17 bits per heavy atom. The lowest BCUT2D eigenvalue weighted by Gasteiger charge is -2.27. The molecule has 0 spiro atoms. The second kappa shape index (κ2) is 9.10. The quantitative estimate of drug-likeness (QED) is 0.583. The Balaban J connectivity index is 1.78. The van der Waals surface area contributed by atoms with Crippen molar-refractivity contribution in [3.8, 4) is 0 Å². The summed E-state index contributed by atoms with van der Waals surface area (Å²) in [5.74, 6) is -0.0504. The highest BCUT2D eigenvalue weighted by molar-refractivity contribution is 6.42. The largest absolute Gasteiger partial charge is 0.353 e. The second-order valence-corrected chi connectivity index (χ2v) is 8.56. The fourth-order valence-electron chi connectivity index (χ4n) is 3.11. The van der Waals surface area contributed by atoms with Gasteiger partial charge in [0.1, 0.15) is 17.7 Å². The third-order valence-corrected chi connectivity index (χ3v) is 5.74. The number of amides is 1. The van der Waals surface area contributed by atoms with Gasteiger partial charge in [0.05, 0.1) is 10.0 Å². The van der Waals surface area contributed by atoms with Gasteiger partial charge in [-0.2, -0.15) is 0 Å². The Morgan fingerprint density at radius 3 is 2.47 bits per heavy atom. The van der Waals surface area contributed by atoms with E-state index < -0.39 is 6.04 Å². The molecule has 30 heavy (non-hydrogen) atoms. The maximum Gasteiger partial charge on any atom is 0.245 e. The van der Waals surface area contributed by atoms with E-state index in [-0.39, 0.29) is 17.1 Å². The molecule has 0 bridgehead atoms. The van der Waals surface area contributed by atoms with Crippen molar-refractivity contribution in [1.82, 2.24) is 25.5 Å². The van der Waals surface area contributed by atoms with Crippen molar-refractivity contribution in [2.24, 2.45) is 0 Å². The van der Waals surface area contributed by atoms with Crippen LogP contribution in [0.5, 0.6) is 0 Å². The minimum Gasteiger partial charge on any atom is -0.353 e. The average Bonchev–Trinajstić information content (AvgIpc) is 3.13. The van der Waals surface area contributed by atoms with Gasteiger partial charge in [-0.15, -0.1) is 5.10 Å². The number of hydrogen-bond donors (Lipinski definition) is 1. The molecule has 1 aromatic heterocycles. The second-order valence-electron chi connectivity index (χ2n) is 7.75. The Labute approximate surface area is 184 Å². The summed E-state index contributed by atoms with van der Waals surface area (Å²) in [5.41, 5.74) is 1.36. The van der Waals surface area contributed by atoms with E-state index in [1.54, 1.807) is 31.2 Å². The molecular formula is C21H22Cl2FN5O. The van der Waals surface area contributed by atoms with Crippen LogP contribution in [0.15, 0.2) is 42.5 Å². The molecule has 2 aromatic carbocycles. The lowest BCUT2D eigenvalue weighted by atomic mass is 9.84. The minimum absolute atomic E-state index is 0.233.